The molecule has 0 aliphatic heterocycles. The van der Waals surface area contributed by atoms with Gasteiger partial charge in [0.15, 0.2) is 0 Å². The maximum absolute atomic E-state index is 11.4. The summed E-state index contributed by atoms with van der Waals surface area (Å²) in [5.41, 5.74) is 1.92. The highest BCUT2D eigenvalue weighted by molar-refractivity contribution is 5.91. The summed E-state index contributed by atoms with van der Waals surface area (Å²) in [7, 11) is 0. The summed E-state index contributed by atoms with van der Waals surface area (Å²) in [5.74, 6) is -0.105. The summed E-state index contributed by atoms with van der Waals surface area (Å²) in [4.78, 5) is 21.2. The van der Waals surface area contributed by atoms with Gasteiger partial charge in [-0.3, -0.25) is 4.79 Å². The predicted octanol–water partition coefficient (Wildman–Crippen LogP) is 1.11. The standard InChI is InChI=1S/C12H14N4O/c17-12(4-3-11-8-13-9-16-11)15-7-5-10-2-1-6-14-10/h1-4,6,8-9,14H,5,7H2,(H,13,16)(H,15,17). The van der Waals surface area contributed by atoms with Crippen LogP contribution >= 0.6 is 0 Å². The van der Waals surface area contributed by atoms with Crippen LogP contribution < -0.4 is 5.32 Å². The molecule has 1 amide bonds. The summed E-state index contributed by atoms with van der Waals surface area (Å²) in [5, 5.41) is 2.80. The molecule has 0 spiro atoms. The molecule has 0 bridgehead atoms. The highest BCUT2D eigenvalue weighted by atomic mass is 16.1. The number of hydrogen-bond acceptors (Lipinski definition) is 2. The van der Waals surface area contributed by atoms with Crippen LogP contribution in [-0.2, 0) is 11.2 Å². The van der Waals surface area contributed by atoms with Crippen molar-refractivity contribution in [1.82, 2.24) is 20.3 Å². The molecule has 2 rings (SSSR count). The number of rotatable bonds is 5. The zero-order valence-electron chi connectivity index (χ0n) is 9.31. The number of carbonyl (C=O) groups is 1. The van der Waals surface area contributed by atoms with E-state index in [0.717, 1.165) is 17.8 Å². The van der Waals surface area contributed by atoms with E-state index in [1.807, 2.05) is 18.3 Å². The Hall–Kier alpha value is -2.30. The first kappa shape index (κ1) is 11.2. The van der Waals surface area contributed by atoms with Crippen molar-refractivity contribution in [3.05, 3.63) is 48.3 Å². The maximum atomic E-state index is 11.4. The summed E-state index contributed by atoms with van der Waals surface area (Å²) in [6.45, 7) is 0.618. The maximum Gasteiger partial charge on any atom is 0.244 e. The first-order valence-corrected chi connectivity index (χ1v) is 5.41. The van der Waals surface area contributed by atoms with Gasteiger partial charge in [-0.25, -0.2) is 4.98 Å². The molecule has 3 N–H and O–H groups in total. The third kappa shape index (κ3) is 3.64. The van der Waals surface area contributed by atoms with Crippen molar-refractivity contribution < 1.29 is 4.79 Å². The third-order valence-electron chi connectivity index (χ3n) is 2.29. The Morgan fingerprint density at radius 3 is 3.12 bits per heavy atom. The van der Waals surface area contributed by atoms with Crippen molar-refractivity contribution in [2.45, 2.75) is 6.42 Å². The Morgan fingerprint density at radius 2 is 2.41 bits per heavy atom. The van der Waals surface area contributed by atoms with Gasteiger partial charge >= 0.3 is 0 Å². The summed E-state index contributed by atoms with van der Waals surface area (Å²) in [6.07, 6.45) is 9.08. The van der Waals surface area contributed by atoms with Crippen LogP contribution in [0.1, 0.15) is 11.4 Å². The lowest BCUT2D eigenvalue weighted by Crippen LogP contribution is -2.23. The van der Waals surface area contributed by atoms with Crippen molar-refractivity contribution in [2.24, 2.45) is 0 Å². The van der Waals surface area contributed by atoms with E-state index >= 15 is 0 Å². The minimum absolute atomic E-state index is 0.105. The van der Waals surface area contributed by atoms with Gasteiger partial charge < -0.3 is 15.3 Å². The van der Waals surface area contributed by atoms with Crippen LogP contribution in [0.2, 0.25) is 0 Å². The van der Waals surface area contributed by atoms with E-state index < -0.39 is 0 Å². The average molecular weight is 230 g/mol. The molecule has 2 aromatic heterocycles. The first-order chi connectivity index (χ1) is 8.34. The van der Waals surface area contributed by atoms with Gasteiger partial charge in [-0.05, 0) is 18.2 Å². The number of hydrogen-bond donors (Lipinski definition) is 3. The molecule has 88 valence electrons. The molecule has 0 unspecified atom stereocenters. The fourth-order valence-electron chi connectivity index (χ4n) is 1.43. The van der Waals surface area contributed by atoms with E-state index in [-0.39, 0.29) is 5.91 Å². The monoisotopic (exact) mass is 230 g/mol. The van der Waals surface area contributed by atoms with Crippen molar-refractivity contribution in [3.63, 3.8) is 0 Å². The van der Waals surface area contributed by atoms with Crippen LogP contribution in [0, 0.1) is 0 Å². The van der Waals surface area contributed by atoms with Crippen molar-refractivity contribution >= 4 is 12.0 Å². The molecule has 0 saturated carbocycles. The third-order valence-corrected chi connectivity index (χ3v) is 2.29. The largest absolute Gasteiger partial charge is 0.365 e. The number of H-pyrrole nitrogens is 2. The number of imidazole rings is 1. The van der Waals surface area contributed by atoms with Gasteiger partial charge in [0.25, 0.3) is 0 Å². The van der Waals surface area contributed by atoms with E-state index in [4.69, 9.17) is 0 Å². The first-order valence-electron chi connectivity index (χ1n) is 5.41. The highest BCUT2D eigenvalue weighted by Crippen LogP contribution is 1.95. The zero-order valence-corrected chi connectivity index (χ0v) is 9.31. The van der Waals surface area contributed by atoms with E-state index in [1.54, 1.807) is 18.6 Å². The number of nitrogens with zero attached hydrogens (tertiary/aromatic N) is 1. The second kappa shape index (κ2) is 5.69. The molecule has 17 heavy (non-hydrogen) atoms. The normalized spacial score (nSPS) is 10.8. The van der Waals surface area contributed by atoms with Crippen LogP contribution in [0.25, 0.3) is 6.08 Å². The van der Waals surface area contributed by atoms with E-state index in [2.05, 4.69) is 20.3 Å². The molecule has 0 atom stereocenters. The van der Waals surface area contributed by atoms with Crippen molar-refractivity contribution in [3.8, 4) is 0 Å². The van der Waals surface area contributed by atoms with E-state index in [0.29, 0.717) is 6.54 Å². The molecule has 2 aromatic rings. The molecule has 0 aromatic carbocycles. The second-order valence-corrected chi connectivity index (χ2v) is 3.58. The van der Waals surface area contributed by atoms with E-state index in [9.17, 15) is 4.79 Å². The fraction of sp³-hybridized carbons (Fsp3) is 0.167. The van der Waals surface area contributed by atoms with Crippen LogP contribution in [0.3, 0.4) is 0 Å². The van der Waals surface area contributed by atoms with Crippen LogP contribution in [-0.4, -0.2) is 27.4 Å². The fourth-order valence-corrected chi connectivity index (χ4v) is 1.43. The molecule has 0 radical (unpaired) electrons. The Morgan fingerprint density at radius 1 is 1.47 bits per heavy atom. The molecular weight excluding hydrogens is 216 g/mol. The molecule has 2 heterocycles. The van der Waals surface area contributed by atoms with E-state index in [1.165, 1.54) is 6.08 Å². The molecule has 0 fully saturated rings. The molecule has 5 nitrogen and oxygen atoms in total. The number of nitrogens with one attached hydrogen (secondary N) is 3. The predicted molar refractivity (Wildman–Crippen MR) is 65.1 cm³/mol. The van der Waals surface area contributed by atoms with Crippen molar-refractivity contribution in [2.75, 3.05) is 6.54 Å². The van der Waals surface area contributed by atoms with Gasteiger partial charge in [-0.1, -0.05) is 0 Å². The summed E-state index contributed by atoms with van der Waals surface area (Å²) < 4.78 is 0. The van der Waals surface area contributed by atoms with Crippen LogP contribution in [0.5, 0.6) is 0 Å². The molecular formula is C12H14N4O. The molecule has 0 aliphatic carbocycles. The minimum atomic E-state index is -0.105. The Bertz CT molecular complexity index is 471. The molecule has 0 saturated heterocycles. The highest BCUT2D eigenvalue weighted by Gasteiger charge is 1.96. The van der Waals surface area contributed by atoms with Gasteiger partial charge in [0.05, 0.1) is 18.2 Å². The van der Waals surface area contributed by atoms with Gasteiger partial charge in [-0.2, -0.15) is 0 Å². The van der Waals surface area contributed by atoms with Crippen LogP contribution in [0.15, 0.2) is 36.9 Å². The number of aromatic nitrogens is 3. The number of amides is 1. The van der Waals surface area contributed by atoms with Crippen molar-refractivity contribution in [1.29, 1.82) is 0 Å². The lowest BCUT2D eigenvalue weighted by Gasteiger charge is -2.00. The Labute approximate surface area is 99.0 Å². The SMILES string of the molecule is O=C(C=Cc1cnc[nH]1)NCCc1ccc[nH]1. The summed E-state index contributed by atoms with van der Waals surface area (Å²) >= 11 is 0. The number of aromatic amines is 2. The smallest absolute Gasteiger partial charge is 0.244 e. The average Bonchev–Trinajstić information content (AvgIpc) is 2.99. The minimum Gasteiger partial charge on any atom is -0.365 e. The molecule has 0 aliphatic rings. The van der Waals surface area contributed by atoms with Gasteiger partial charge in [0, 0.05) is 30.9 Å². The second-order valence-electron chi connectivity index (χ2n) is 3.58. The van der Waals surface area contributed by atoms with Crippen LogP contribution in [0.4, 0.5) is 0 Å². The quantitative estimate of drug-likeness (QED) is 0.673. The zero-order chi connectivity index (χ0) is 11.9. The topological polar surface area (TPSA) is 73.6 Å². The lowest BCUT2D eigenvalue weighted by atomic mass is 10.3. The van der Waals surface area contributed by atoms with Gasteiger partial charge in [-0.15, -0.1) is 0 Å². The van der Waals surface area contributed by atoms with Gasteiger partial charge in [0.2, 0.25) is 5.91 Å². The lowest BCUT2D eigenvalue weighted by molar-refractivity contribution is -0.116. The molecule has 5 heteroatoms. The Kier molecular flexibility index (Phi) is 3.75. The van der Waals surface area contributed by atoms with Gasteiger partial charge in [0.1, 0.15) is 0 Å². The Balaban J connectivity index is 1.71. The number of carbonyl (C=O) groups excluding carboxylic acids is 1. The summed E-state index contributed by atoms with van der Waals surface area (Å²) in [6, 6.07) is 3.93.